The van der Waals surface area contributed by atoms with Crippen LogP contribution in [0.3, 0.4) is 0 Å². The van der Waals surface area contributed by atoms with E-state index in [2.05, 4.69) is 42.2 Å². The summed E-state index contributed by atoms with van der Waals surface area (Å²) in [4.78, 5) is 4.50. The minimum absolute atomic E-state index is 0.634. The van der Waals surface area contributed by atoms with Gasteiger partial charge in [0, 0.05) is 30.4 Å². The minimum Gasteiger partial charge on any atom is -0.495 e. The first-order valence-electron chi connectivity index (χ1n) is 6.38. The van der Waals surface area contributed by atoms with E-state index < -0.39 is 0 Å². The van der Waals surface area contributed by atoms with Gasteiger partial charge in [-0.1, -0.05) is 0 Å². The molecular weight excluding hydrogens is 402 g/mol. The number of aryl methyl sites for hydroxylation is 1. The molecule has 0 fully saturated rings. The van der Waals surface area contributed by atoms with Gasteiger partial charge in [0.2, 0.25) is 5.95 Å². The van der Waals surface area contributed by atoms with Crippen LogP contribution in [0.25, 0.3) is 0 Å². The van der Waals surface area contributed by atoms with Crippen molar-refractivity contribution in [3.63, 3.8) is 0 Å². The molecule has 1 heterocycles. The first-order chi connectivity index (χ1) is 10.0. The number of rotatable bonds is 6. The Bertz CT molecular complexity index is 629. The zero-order chi connectivity index (χ0) is 15.4. The lowest BCUT2D eigenvalue weighted by Crippen LogP contribution is -2.07. The molecule has 0 amide bonds. The van der Waals surface area contributed by atoms with Gasteiger partial charge in [0.15, 0.2) is 0 Å². The molecule has 1 aromatic carbocycles. The molecule has 0 bridgehead atoms. The van der Waals surface area contributed by atoms with Crippen LogP contribution in [-0.4, -0.2) is 30.4 Å². The maximum Gasteiger partial charge on any atom is 0.207 e. The van der Waals surface area contributed by atoms with E-state index in [1.165, 1.54) is 0 Å². The van der Waals surface area contributed by atoms with Crippen LogP contribution in [0.4, 0.5) is 11.6 Å². The van der Waals surface area contributed by atoms with Gasteiger partial charge in [-0.3, -0.25) is 0 Å². The molecule has 0 saturated carbocycles. The largest absolute Gasteiger partial charge is 0.495 e. The van der Waals surface area contributed by atoms with Crippen LogP contribution >= 0.6 is 31.9 Å². The molecule has 7 heteroatoms. The predicted molar refractivity (Wildman–Crippen MR) is 90.5 cm³/mol. The number of benzene rings is 1. The Kier molecular flexibility index (Phi) is 5.66. The Morgan fingerprint density at radius 2 is 2.00 bits per heavy atom. The molecule has 2 rings (SSSR count). The number of nitrogens with zero attached hydrogens (tertiary/aromatic N) is 2. The van der Waals surface area contributed by atoms with E-state index in [1.54, 1.807) is 14.2 Å². The molecule has 21 heavy (non-hydrogen) atoms. The Morgan fingerprint density at radius 3 is 2.67 bits per heavy atom. The monoisotopic (exact) mass is 417 g/mol. The zero-order valence-electron chi connectivity index (χ0n) is 12.1. The van der Waals surface area contributed by atoms with Crippen LogP contribution in [-0.2, 0) is 11.3 Å². The van der Waals surface area contributed by atoms with Gasteiger partial charge in [-0.15, -0.1) is 0 Å². The molecule has 0 radical (unpaired) electrons. The fourth-order valence-corrected chi connectivity index (χ4v) is 3.16. The number of hydrogen-bond acceptors (Lipinski definition) is 4. The second kappa shape index (κ2) is 7.29. The highest BCUT2D eigenvalue weighted by atomic mass is 79.9. The highest BCUT2D eigenvalue weighted by molar-refractivity contribution is 9.11. The average Bonchev–Trinajstić information content (AvgIpc) is 2.79. The standard InChI is InChI=1S/C14H17Br2N3O2/c1-9-8-19(4-5-20-2)14(17-9)18-12-7-13(21-3)11(16)6-10(12)15/h6-8H,4-5H2,1-3H3,(H,17,18). The molecule has 5 nitrogen and oxygen atoms in total. The lowest BCUT2D eigenvalue weighted by molar-refractivity contribution is 0.188. The topological polar surface area (TPSA) is 48.3 Å². The maximum absolute atomic E-state index is 5.32. The second-order valence-electron chi connectivity index (χ2n) is 4.48. The van der Waals surface area contributed by atoms with Crippen molar-refractivity contribution in [3.05, 3.63) is 33.0 Å². The number of ether oxygens (including phenoxy) is 2. The van der Waals surface area contributed by atoms with E-state index in [0.29, 0.717) is 6.61 Å². The quantitative estimate of drug-likeness (QED) is 0.766. The van der Waals surface area contributed by atoms with Crippen molar-refractivity contribution in [1.29, 1.82) is 0 Å². The normalized spacial score (nSPS) is 10.7. The first kappa shape index (κ1) is 16.3. The van der Waals surface area contributed by atoms with E-state index in [4.69, 9.17) is 9.47 Å². The first-order valence-corrected chi connectivity index (χ1v) is 7.96. The van der Waals surface area contributed by atoms with Gasteiger partial charge >= 0.3 is 0 Å². The van der Waals surface area contributed by atoms with Gasteiger partial charge in [-0.25, -0.2) is 4.98 Å². The molecule has 0 aliphatic heterocycles. The van der Waals surface area contributed by atoms with Crippen molar-refractivity contribution >= 4 is 43.5 Å². The highest BCUT2D eigenvalue weighted by Gasteiger charge is 2.11. The van der Waals surface area contributed by atoms with Gasteiger partial charge in [-0.05, 0) is 44.8 Å². The molecule has 1 N–H and O–H groups in total. The van der Waals surface area contributed by atoms with Crippen LogP contribution in [0, 0.1) is 6.92 Å². The van der Waals surface area contributed by atoms with E-state index >= 15 is 0 Å². The van der Waals surface area contributed by atoms with E-state index in [9.17, 15) is 0 Å². The number of hydrogen-bond donors (Lipinski definition) is 1. The summed E-state index contributed by atoms with van der Waals surface area (Å²) in [6.45, 7) is 3.34. The summed E-state index contributed by atoms with van der Waals surface area (Å²) in [6.07, 6.45) is 1.99. The number of methoxy groups -OCH3 is 2. The van der Waals surface area contributed by atoms with Crippen LogP contribution in [0.1, 0.15) is 5.69 Å². The van der Waals surface area contributed by atoms with Gasteiger partial charge in [-0.2, -0.15) is 0 Å². The van der Waals surface area contributed by atoms with Crippen LogP contribution in [0.15, 0.2) is 27.3 Å². The Labute approximate surface area is 140 Å². The summed E-state index contributed by atoms with van der Waals surface area (Å²) in [6, 6.07) is 3.86. The summed E-state index contributed by atoms with van der Waals surface area (Å²) in [5.74, 6) is 1.53. The van der Waals surface area contributed by atoms with Gasteiger partial charge in [0.25, 0.3) is 0 Å². The number of halogens is 2. The molecular formula is C14H17Br2N3O2. The fourth-order valence-electron chi connectivity index (χ4n) is 1.91. The molecule has 0 aliphatic carbocycles. The minimum atomic E-state index is 0.634. The van der Waals surface area contributed by atoms with Gasteiger partial charge < -0.3 is 19.4 Å². The molecule has 1 aromatic heterocycles. The molecule has 0 unspecified atom stereocenters. The van der Waals surface area contributed by atoms with E-state index in [0.717, 1.165) is 38.6 Å². The Hall–Kier alpha value is -1.05. The van der Waals surface area contributed by atoms with Crippen molar-refractivity contribution in [2.45, 2.75) is 13.5 Å². The van der Waals surface area contributed by atoms with Gasteiger partial charge in [0.1, 0.15) is 5.75 Å². The molecule has 0 aliphatic rings. The second-order valence-corrected chi connectivity index (χ2v) is 6.19. The lowest BCUT2D eigenvalue weighted by Gasteiger charge is -2.13. The zero-order valence-corrected chi connectivity index (χ0v) is 15.3. The third-order valence-electron chi connectivity index (χ3n) is 2.92. The van der Waals surface area contributed by atoms with E-state index in [-0.39, 0.29) is 0 Å². The van der Waals surface area contributed by atoms with E-state index in [1.807, 2.05) is 29.8 Å². The maximum atomic E-state index is 5.32. The van der Waals surface area contributed by atoms with Crippen LogP contribution in [0.5, 0.6) is 5.75 Å². The van der Waals surface area contributed by atoms with Crippen LogP contribution < -0.4 is 10.1 Å². The Morgan fingerprint density at radius 1 is 1.24 bits per heavy atom. The highest BCUT2D eigenvalue weighted by Crippen LogP contribution is 2.35. The summed E-state index contributed by atoms with van der Waals surface area (Å²) < 4.78 is 14.3. The summed E-state index contributed by atoms with van der Waals surface area (Å²) >= 11 is 7.00. The summed E-state index contributed by atoms with van der Waals surface area (Å²) in [7, 11) is 3.33. The molecule has 114 valence electrons. The molecule has 0 saturated heterocycles. The number of aromatic nitrogens is 2. The molecule has 0 atom stereocenters. The van der Waals surface area contributed by atoms with Crippen molar-refractivity contribution in [3.8, 4) is 5.75 Å². The third-order valence-corrected chi connectivity index (χ3v) is 4.20. The number of nitrogens with one attached hydrogen (secondary N) is 1. The third kappa shape index (κ3) is 3.99. The van der Waals surface area contributed by atoms with Crippen LogP contribution in [0.2, 0.25) is 0 Å². The van der Waals surface area contributed by atoms with Crippen molar-refractivity contribution in [2.24, 2.45) is 0 Å². The van der Waals surface area contributed by atoms with Gasteiger partial charge in [0.05, 0.1) is 29.6 Å². The van der Waals surface area contributed by atoms with Crippen molar-refractivity contribution < 1.29 is 9.47 Å². The number of anilines is 2. The molecule has 2 aromatic rings. The fraction of sp³-hybridized carbons (Fsp3) is 0.357. The SMILES string of the molecule is COCCn1cc(C)nc1Nc1cc(OC)c(Br)cc1Br. The smallest absolute Gasteiger partial charge is 0.207 e. The summed E-state index contributed by atoms with van der Waals surface area (Å²) in [5.41, 5.74) is 1.84. The van der Waals surface area contributed by atoms with Crippen molar-refractivity contribution in [1.82, 2.24) is 9.55 Å². The Balaban J connectivity index is 2.29. The van der Waals surface area contributed by atoms with Crippen molar-refractivity contribution in [2.75, 3.05) is 26.1 Å². The lowest BCUT2D eigenvalue weighted by atomic mass is 10.3. The summed E-state index contributed by atoms with van der Waals surface area (Å²) in [5, 5.41) is 3.32. The average molecular weight is 419 g/mol. The molecule has 0 spiro atoms. The predicted octanol–water partition coefficient (Wildman–Crippen LogP) is 4.12. The number of imidazole rings is 1.